The van der Waals surface area contributed by atoms with Crippen LogP contribution in [-0.4, -0.2) is 12.2 Å². The zero-order chi connectivity index (χ0) is 17.0. The number of hydrogen-bond acceptors (Lipinski definition) is 2. The van der Waals surface area contributed by atoms with Crippen LogP contribution in [-0.2, 0) is 11.8 Å². The number of phenols is 1. The number of ether oxygens (including phenoxy) is 1. The van der Waals surface area contributed by atoms with E-state index >= 15 is 0 Å². The molecule has 128 valence electrons. The van der Waals surface area contributed by atoms with Crippen LogP contribution in [0.2, 0.25) is 0 Å². The van der Waals surface area contributed by atoms with Crippen LogP contribution in [0.1, 0.15) is 82.9 Å². The number of hydrogen-bond donors (Lipinski definition) is 1. The minimum atomic E-state index is 0.0716. The molecule has 23 heavy (non-hydrogen) atoms. The van der Waals surface area contributed by atoms with Crippen LogP contribution >= 0.6 is 0 Å². The summed E-state index contributed by atoms with van der Waals surface area (Å²) in [4.78, 5) is 0. The van der Waals surface area contributed by atoms with E-state index in [1.807, 2.05) is 0 Å². The SMILES string of the molecule is COc1c(C(C)C)cc2c(c1O)C1(C)CCCC(C)(C)C1CC2. The first-order valence-corrected chi connectivity index (χ1v) is 9.15. The van der Waals surface area contributed by atoms with Gasteiger partial charge in [0, 0.05) is 11.1 Å². The van der Waals surface area contributed by atoms with Crippen LogP contribution in [0.25, 0.3) is 0 Å². The minimum absolute atomic E-state index is 0.0716. The molecule has 2 atom stereocenters. The standard InChI is InChI=1S/C21H32O2/c1-13(2)15-12-14-8-9-16-20(3,4)10-7-11-21(16,5)17(14)18(22)19(15)23-6/h12-13,16,22H,7-11H2,1-6H3. The Labute approximate surface area is 141 Å². The van der Waals surface area contributed by atoms with Gasteiger partial charge in [-0.3, -0.25) is 0 Å². The fourth-order valence-electron chi connectivity index (χ4n) is 5.64. The Balaban J connectivity index is 2.22. The van der Waals surface area contributed by atoms with E-state index in [1.165, 1.54) is 36.8 Å². The number of methoxy groups -OCH3 is 1. The van der Waals surface area contributed by atoms with Gasteiger partial charge in [-0.1, -0.05) is 47.1 Å². The fraction of sp³-hybridized carbons (Fsp3) is 0.714. The molecule has 2 nitrogen and oxygen atoms in total. The number of fused-ring (bicyclic) bond motifs is 3. The lowest BCUT2D eigenvalue weighted by molar-refractivity contribution is 0.0389. The Hall–Kier alpha value is -1.18. The lowest BCUT2D eigenvalue weighted by atomic mass is 9.50. The molecule has 2 aliphatic rings. The summed E-state index contributed by atoms with van der Waals surface area (Å²) in [6.07, 6.45) is 6.03. The number of aryl methyl sites for hydroxylation is 1. The monoisotopic (exact) mass is 316 g/mol. The zero-order valence-electron chi connectivity index (χ0n) is 15.6. The van der Waals surface area contributed by atoms with Crippen LogP contribution < -0.4 is 4.74 Å². The minimum Gasteiger partial charge on any atom is -0.504 e. The second kappa shape index (κ2) is 5.43. The van der Waals surface area contributed by atoms with Gasteiger partial charge in [0.05, 0.1) is 7.11 Å². The second-order valence-corrected chi connectivity index (χ2v) is 8.89. The van der Waals surface area contributed by atoms with E-state index in [0.29, 0.717) is 28.7 Å². The largest absolute Gasteiger partial charge is 0.504 e. The maximum atomic E-state index is 11.1. The Morgan fingerprint density at radius 2 is 1.91 bits per heavy atom. The van der Waals surface area contributed by atoms with Crippen molar-refractivity contribution in [3.05, 3.63) is 22.8 Å². The number of rotatable bonds is 2. The van der Waals surface area contributed by atoms with E-state index in [-0.39, 0.29) is 5.41 Å². The highest BCUT2D eigenvalue weighted by atomic mass is 16.5. The van der Waals surface area contributed by atoms with E-state index in [9.17, 15) is 5.11 Å². The van der Waals surface area contributed by atoms with Crippen molar-refractivity contribution in [2.24, 2.45) is 11.3 Å². The van der Waals surface area contributed by atoms with E-state index < -0.39 is 0 Å². The number of phenolic OH excluding ortho intramolecular Hbond substituents is 1. The van der Waals surface area contributed by atoms with Crippen molar-refractivity contribution >= 4 is 0 Å². The molecular formula is C21H32O2. The molecular weight excluding hydrogens is 284 g/mol. The third-order valence-corrected chi connectivity index (χ3v) is 6.69. The second-order valence-electron chi connectivity index (χ2n) is 8.89. The number of benzene rings is 1. The van der Waals surface area contributed by atoms with Crippen LogP contribution in [0.4, 0.5) is 0 Å². The summed E-state index contributed by atoms with van der Waals surface area (Å²) in [6.45, 7) is 11.5. The maximum Gasteiger partial charge on any atom is 0.164 e. The van der Waals surface area contributed by atoms with E-state index in [0.717, 1.165) is 12.0 Å². The molecule has 0 heterocycles. The van der Waals surface area contributed by atoms with Gasteiger partial charge < -0.3 is 9.84 Å². The van der Waals surface area contributed by atoms with E-state index in [4.69, 9.17) is 4.74 Å². The van der Waals surface area contributed by atoms with Crippen molar-refractivity contribution in [2.75, 3.05) is 7.11 Å². The van der Waals surface area contributed by atoms with E-state index in [2.05, 4.69) is 40.7 Å². The van der Waals surface area contributed by atoms with Gasteiger partial charge in [0.25, 0.3) is 0 Å². The molecule has 1 N–H and O–H groups in total. The molecule has 0 saturated heterocycles. The maximum absolute atomic E-state index is 11.1. The van der Waals surface area contributed by atoms with Gasteiger partial charge in [-0.15, -0.1) is 0 Å². The summed E-state index contributed by atoms with van der Waals surface area (Å²) in [5.41, 5.74) is 4.09. The highest BCUT2D eigenvalue weighted by molar-refractivity contribution is 5.59. The van der Waals surface area contributed by atoms with Crippen LogP contribution in [0.5, 0.6) is 11.5 Å². The third-order valence-electron chi connectivity index (χ3n) is 6.69. The van der Waals surface area contributed by atoms with Crippen molar-refractivity contribution < 1.29 is 9.84 Å². The Kier molecular flexibility index (Phi) is 3.93. The molecule has 0 bridgehead atoms. The molecule has 2 unspecified atom stereocenters. The molecule has 0 aromatic heterocycles. The van der Waals surface area contributed by atoms with Gasteiger partial charge in [-0.25, -0.2) is 0 Å². The lowest BCUT2D eigenvalue weighted by Gasteiger charge is -2.54. The summed E-state index contributed by atoms with van der Waals surface area (Å²) < 4.78 is 5.63. The molecule has 0 amide bonds. The van der Waals surface area contributed by atoms with Gasteiger partial charge in [-0.2, -0.15) is 0 Å². The van der Waals surface area contributed by atoms with Gasteiger partial charge in [-0.05, 0) is 53.9 Å². The highest BCUT2D eigenvalue weighted by Gasteiger charge is 2.51. The molecule has 3 rings (SSSR count). The van der Waals surface area contributed by atoms with Gasteiger partial charge in [0.2, 0.25) is 0 Å². The zero-order valence-corrected chi connectivity index (χ0v) is 15.6. The van der Waals surface area contributed by atoms with Crippen molar-refractivity contribution in [1.82, 2.24) is 0 Å². The van der Waals surface area contributed by atoms with Gasteiger partial charge in [0.15, 0.2) is 11.5 Å². The molecule has 0 aliphatic heterocycles. The first kappa shape index (κ1) is 16.7. The van der Waals surface area contributed by atoms with Crippen molar-refractivity contribution in [2.45, 2.75) is 78.1 Å². The average molecular weight is 316 g/mol. The summed E-state index contributed by atoms with van der Waals surface area (Å²) in [5, 5.41) is 11.1. The first-order valence-electron chi connectivity index (χ1n) is 9.15. The average Bonchev–Trinajstić information content (AvgIpc) is 2.45. The smallest absolute Gasteiger partial charge is 0.164 e. The predicted octanol–water partition coefficient (Wildman–Crippen LogP) is 5.55. The molecule has 2 heteroatoms. The lowest BCUT2D eigenvalue weighted by Crippen LogP contribution is -2.48. The quantitative estimate of drug-likeness (QED) is 0.774. The van der Waals surface area contributed by atoms with Gasteiger partial charge >= 0.3 is 0 Å². The van der Waals surface area contributed by atoms with E-state index in [1.54, 1.807) is 7.11 Å². The normalized spacial score (nSPS) is 29.1. The highest BCUT2D eigenvalue weighted by Crippen LogP contribution is 2.60. The molecule has 2 aliphatic carbocycles. The fourth-order valence-corrected chi connectivity index (χ4v) is 5.64. The third kappa shape index (κ3) is 2.37. The summed E-state index contributed by atoms with van der Waals surface area (Å²) >= 11 is 0. The first-order chi connectivity index (χ1) is 10.7. The van der Waals surface area contributed by atoms with Crippen LogP contribution in [0.15, 0.2) is 6.07 Å². The van der Waals surface area contributed by atoms with Crippen molar-refractivity contribution in [3.63, 3.8) is 0 Å². The van der Waals surface area contributed by atoms with Gasteiger partial charge in [0.1, 0.15) is 0 Å². The summed E-state index contributed by atoms with van der Waals surface area (Å²) in [7, 11) is 1.68. The van der Waals surface area contributed by atoms with Crippen molar-refractivity contribution in [3.8, 4) is 11.5 Å². The van der Waals surface area contributed by atoms with Crippen molar-refractivity contribution in [1.29, 1.82) is 0 Å². The number of aromatic hydroxyl groups is 1. The molecule has 1 aromatic carbocycles. The molecule has 0 spiro atoms. The van der Waals surface area contributed by atoms with Crippen LogP contribution in [0.3, 0.4) is 0 Å². The summed E-state index contributed by atoms with van der Waals surface area (Å²) in [6, 6.07) is 2.31. The Bertz CT molecular complexity index is 615. The Morgan fingerprint density at radius 3 is 2.52 bits per heavy atom. The predicted molar refractivity (Wildman–Crippen MR) is 95.5 cm³/mol. The Morgan fingerprint density at radius 1 is 1.22 bits per heavy atom. The molecule has 1 fully saturated rings. The molecule has 1 aromatic rings. The molecule has 0 radical (unpaired) electrons. The summed E-state index contributed by atoms with van der Waals surface area (Å²) in [5.74, 6) is 2.11. The topological polar surface area (TPSA) is 29.5 Å². The molecule has 1 saturated carbocycles. The van der Waals surface area contributed by atoms with Crippen LogP contribution in [0, 0.1) is 11.3 Å².